The van der Waals surface area contributed by atoms with Crippen molar-refractivity contribution < 1.29 is 17.6 Å². The minimum absolute atomic E-state index is 0.0821. The van der Waals surface area contributed by atoms with E-state index in [2.05, 4.69) is 5.32 Å². The van der Waals surface area contributed by atoms with Gasteiger partial charge in [-0.1, -0.05) is 12.1 Å². The molecular weight excluding hydrogens is 363 g/mol. The van der Waals surface area contributed by atoms with E-state index in [1.165, 1.54) is 22.5 Å². The van der Waals surface area contributed by atoms with E-state index in [1.54, 1.807) is 17.5 Å². The molecule has 134 valence electrons. The molecular formula is C17H19FN2O3S2. The molecule has 1 fully saturated rings. The molecule has 0 radical (unpaired) electrons. The number of nitrogens with one attached hydrogen (secondary N) is 1. The Hall–Kier alpha value is -1.77. The van der Waals surface area contributed by atoms with Crippen molar-refractivity contribution in [3.8, 4) is 0 Å². The number of nitrogens with zero attached hydrogens (tertiary/aromatic N) is 1. The van der Waals surface area contributed by atoms with Crippen LogP contribution in [0, 0.1) is 5.82 Å². The second kappa shape index (κ2) is 7.63. The zero-order valence-electron chi connectivity index (χ0n) is 13.6. The van der Waals surface area contributed by atoms with Crippen molar-refractivity contribution in [1.29, 1.82) is 0 Å². The van der Waals surface area contributed by atoms with Gasteiger partial charge in [0.2, 0.25) is 10.0 Å². The van der Waals surface area contributed by atoms with Crippen molar-refractivity contribution in [2.75, 3.05) is 19.6 Å². The molecule has 0 bridgehead atoms. The molecule has 8 heteroatoms. The molecule has 5 nitrogen and oxygen atoms in total. The summed E-state index contributed by atoms with van der Waals surface area (Å²) < 4.78 is 39.6. The van der Waals surface area contributed by atoms with Gasteiger partial charge < -0.3 is 5.32 Å². The monoisotopic (exact) mass is 382 g/mol. The van der Waals surface area contributed by atoms with Crippen LogP contribution in [0.4, 0.5) is 4.39 Å². The summed E-state index contributed by atoms with van der Waals surface area (Å²) >= 11 is 1.12. The van der Waals surface area contributed by atoms with Gasteiger partial charge in [-0.3, -0.25) is 4.79 Å². The van der Waals surface area contributed by atoms with Crippen LogP contribution in [0.3, 0.4) is 0 Å². The van der Waals surface area contributed by atoms with Crippen molar-refractivity contribution in [2.24, 2.45) is 0 Å². The quantitative estimate of drug-likeness (QED) is 0.835. The van der Waals surface area contributed by atoms with Crippen LogP contribution in [0.2, 0.25) is 0 Å². The summed E-state index contributed by atoms with van der Waals surface area (Å²) in [6.07, 6.45) is 2.25. The summed E-state index contributed by atoms with van der Waals surface area (Å²) in [6.45, 7) is 1.36. The number of carbonyl (C=O) groups is 1. The summed E-state index contributed by atoms with van der Waals surface area (Å²) in [5, 5.41) is 4.37. The summed E-state index contributed by atoms with van der Waals surface area (Å²) in [5.74, 6) is -0.696. The molecule has 0 aliphatic carbocycles. The predicted octanol–water partition coefficient (Wildman–Crippen LogP) is 2.64. The van der Waals surface area contributed by atoms with Gasteiger partial charge in [0.05, 0.1) is 0 Å². The van der Waals surface area contributed by atoms with Crippen LogP contribution in [0.25, 0.3) is 0 Å². The maximum atomic E-state index is 12.9. The van der Waals surface area contributed by atoms with Gasteiger partial charge in [-0.15, -0.1) is 11.3 Å². The van der Waals surface area contributed by atoms with Crippen LogP contribution in [0.1, 0.15) is 28.1 Å². The Morgan fingerprint density at radius 1 is 1.16 bits per heavy atom. The van der Waals surface area contributed by atoms with Crippen molar-refractivity contribution in [1.82, 2.24) is 9.62 Å². The first kappa shape index (κ1) is 18.0. The van der Waals surface area contributed by atoms with Gasteiger partial charge in [0.1, 0.15) is 15.6 Å². The van der Waals surface area contributed by atoms with E-state index >= 15 is 0 Å². The third-order valence-corrected chi connectivity index (χ3v) is 7.11. The van der Waals surface area contributed by atoms with E-state index in [0.29, 0.717) is 26.1 Å². The number of rotatable bonds is 6. The predicted molar refractivity (Wildman–Crippen MR) is 94.7 cm³/mol. The highest BCUT2D eigenvalue weighted by atomic mass is 32.2. The lowest BCUT2D eigenvalue weighted by Gasteiger charge is -2.15. The first-order chi connectivity index (χ1) is 12.0. The molecule has 0 saturated carbocycles. The molecule has 1 N–H and O–H groups in total. The van der Waals surface area contributed by atoms with Crippen LogP contribution in [0.5, 0.6) is 0 Å². The molecule has 25 heavy (non-hydrogen) atoms. The fourth-order valence-corrected chi connectivity index (χ4v) is 5.62. The number of amides is 1. The van der Waals surface area contributed by atoms with Crippen molar-refractivity contribution >= 4 is 27.3 Å². The standard InChI is InChI=1S/C17H19FN2O3S2/c18-14-5-3-13(4-6-14)7-9-19-17(21)16-15(8-12-24-16)25(22,23)20-10-1-2-11-20/h3-6,8,12H,1-2,7,9-11H2,(H,19,21). The molecule has 0 unspecified atom stereocenters. The number of benzene rings is 1. The van der Waals surface area contributed by atoms with E-state index in [4.69, 9.17) is 0 Å². The molecule has 1 amide bonds. The Bertz CT molecular complexity index is 841. The van der Waals surface area contributed by atoms with Gasteiger partial charge in [0, 0.05) is 19.6 Å². The van der Waals surface area contributed by atoms with E-state index in [-0.39, 0.29) is 15.6 Å². The Balaban J connectivity index is 1.65. The topological polar surface area (TPSA) is 66.5 Å². The summed E-state index contributed by atoms with van der Waals surface area (Å²) in [7, 11) is -3.61. The number of carbonyl (C=O) groups excluding carboxylic acids is 1. The van der Waals surface area contributed by atoms with Gasteiger partial charge in [-0.2, -0.15) is 4.31 Å². The zero-order chi connectivity index (χ0) is 17.9. The molecule has 2 aromatic rings. The van der Waals surface area contributed by atoms with Crippen LogP contribution < -0.4 is 5.32 Å². The highest BCUT2D eigenvalue weighted by Gasteiger charge is 2.31. The number of thiophene rings is 1. The Labute approximate surface area is 150 Å². The largest absolute Gasteiger partial charge is 0.351 e. The first-order valence-corrected chi connectivity index (χ1v) is 10.4. The normalized spacial score (nSPS) is 15.4. The molecule has 1 aromatic heterocycles. The molecule has 0 atom stereocenters. The van der Waals surface area contributed by atoms with Crippen molar-refractivity contribution in [2.45, 2.75) is 24.2 Å². The second-order valence-corrected chi connectivity index (χ2v) is 8.68. The Morgan fingerprint density at radius 3 is 2.52 bits per heavy atom. The zero-order valence-corrected chi connectivity index (χ0v) is 15.2. The number of hydrogen-bond acceptors (Lipinski definition) is 4. The first-order valence-electron chi connectivity index (χ1n) is 8.09. The summed E-state index contributed by atoms with van der Waals surface area (Å²) in [5.41, 5.74) is 0.901. The summed E-state index contributed by atoms with van der Waals surface area (Å²) in [6, 6.07) is 7.56. The molecule has 0 spiro atoms. The lowest BCUT2D eigenvalue weighted by molar-refractivity contribution is 0.0955. The molecule has 3 rings (SSSR count). The van der Waals surface area contributed by atoms with Gasteiger partial charge in [-0.25, -0.2) is 12.8 Å². The van der Waals surface area contributed by atoms with Crippen LogP contribution in [-0.4, -0.2) is 38.3 Å². The van der Waals surface area contributed by atoms with Gasteiger partial charge in [0.25, 0.3) is 5.91 Å². The maximum Gasteiger partial charge on any atom is 0.262 e. The SMILES string of the molecule is O=C(NCCc1ccc(F)cc1)c1sccc1S(=O)(=O)N1CCCC1. The van der Waals surface area contributed by atoms with Crippen LogP contribution in [0.15, 0.2) is 40.6 Å². The van der Waals surface area contributed by atoms with E-state index in [0.717, 1.165) is 29.7 Å². The minimum Gasteiger partial charge on any atom is -0.351 e. The van der Waals surface area contributed by atoms with Gasteiger partial charge in [-0.05, 0) is 48.4 Å². The Morgan fingerprint density at radius 2 is 1.84 bits per heavy atom. The average molecular weight is 382 g/mol. The van der Waals surface area contributed by atoms with Gasteiger partial charge >= 0.3 is 0 Å². The Kier molecular flexibility index (Phi) is 5.51. The minimum atomic E-state index is -3.61. The summed E-state index contributed by atoms with van der Waals surface area (Å²) in [4.78, 5) is 12.7. The van der Waals surface area contributed by atoms with Crippen LogP contribution in [-0.2, 0) is 16.4 Å². The average Bonchev–Trinajstić information content (AvgIpc) is 3.28. The maximum absolute atomic E-state index is 12.9. The lowest BCUT2D eigenvalue weighted by Crippen LogP contribution is -2.31. The molecule has 1 aliphatic heterocycles. The van der Waals surface area contributed by atoms with Crippen LogP contribution >= 0.6 is 11.3 Å². The van der Waals surface area contributed by atoms with E-state index < -0.39 is 15.9 Å². The smallest absolute Gasteiger partial charge is 0.262 e. The lowest BCUT2D eigenvalue weighted by atomic mass is 10.1. The third kappa shape index (κ3) is 4.08. The molecule has 1 aromatic carbocycles. The fourth-order valence-electron chi connectivity index (χ4n) is 2.79. The second-order valence-electron chi connectivity index (χ2n) is 5.86. The highest BCUT2D eigenvalue weighted by Crippen LogP contribution is 2.27. The molecule has 2 heterocycles. The van der Waals surface area contributed by atoms with E-state index in [1.807, 2.05) is 0 Å². The van der Waals surface area contributed by atoms with Crippen molar-refractivity contribution in [3.05, 3.63) is 52.0 Å². The number of hydrogen-bond donors (Lipinski definition) is 1. The van der Waals surface area contributed by atoms with Crippen molar-refractivity contribution in [3.63, 3.8) is 0 Å². The molecule has 1 aliphatic rings. The van der Waals surface area contributed by atoms with Gasteiger partial charge in [0.15, 0.2) is 0 Å². The van der Waals surface area contributed by atoms with E-state index in [9.17, 15) is 17.6 Å². The number of halogens is 1. The highest BCUT2D eigenvalue weighted by molar-refractivity contribution is 7.89. The number of sulfonamides is 1. The fraction of sp³-hybridized carbons (Fsp3) is 0.353. The third-order valence-electron chi connectivity index (χ3n) is 4.13. The molecule has 1 saturated heterocycles.